The van der Waals surface area contributed by atoms with E-state index in [0.29, 0.717) is 12.5 Å². The predicted octanol–water partition coefficient (Wildman–Crippen LogP) is 6.36. The summed E-state index contributed by atoms with van der Waals surface area (Å²) < 4.78 is 17.4. The van der Waals surface area contributed by atoms with E-state index in [1.807, 2.05) is 44.2 Å². The van der Waals surface area contributed by atoms with Crippen LogP contribution in [0.1, 0.15) is 53.5 Å². The van der Waals surface area contributed by atoms with E-state index in [2.05, 4.69) is 39.3 Å². The van der Waals surface area contributed by atoms with Gasteiger partial charge in [0.1, 0.15) is 5.60 Å². The first-order chi connectivity index (χ1) is 16.1. The van der Waals surface area contributed by atoms with Crippen LogP contribution >= 0.6 is 0 Å². The average Bonchev–Trinajstić information content (AvgIpc) is 2.74. The molecule has 0 amide bonds. The van der Waals surface area contributed by atoms with Crippen molar-refractivity contribution >= 4 is 34.1 Å². The highest BCUT2D eigenvalue weighted by Crippen LogP contribution is 2.43. The van der Waals surface area contributed by atoms with Crippen molar-refractivity contribution in [2.24, 2.45) is 16.7 Å². The quantitative estimate of drug-likeness (QED) is 0.176. The molecule has 0 fully saturated rings. The van der Waals surface area contributed by atoms with Gasteiger partial charge in [-0.15, -0.1) is 0 Å². The predicted molar refractivity (Wildman–Crippen MR) is 150 cm³/mol. The lowest BCUT2D eigenvalue weighted by Gasteiger charge is -2.39. The topological polar surface area (TPSA) is 78.9 Å². The number of hydrogen-bond acceptors (Lipinski definition) is 6. The van der Waals surface area contributed by atoms with E-state index < -0.39 is 56.4 Å². The van der Waals surface area contributed by atoms with Crippen molar-refractivity contribution in [2.75, 3.05) is 12.5 Å². The molecule has 0 spiro atoms. The summed E-state index contributed by atoms with van der Waals surface area (Å²) in [6, 6.07) is 9.53. The molecular weight excluding hydrogens is 488 g/mol. The number of rotatable bonds is 12. The second-order valence-electron chi connectivity index (χ2n) is 13.8. The molecule has 1 aromatic carbocycles. The van der Waals surface area contributed by atoms with Crippen molar-refractivity contribution in [1.29, 1.82) is 0 Å². The van der Waals surface area contributed by atoms with Gasteiger partial charge in [-0.25, -0.2) is 0 Å². The van der Waals surface area contributed by atoms with Crippen LogP contribution in [0.2, 0.25) is 39.3 Å². The van der Waals surface area contributed by atoms with Crippen LogP contribution in [0.25, 0.3) is 0 Å². The maximum Gasteiger partial charge on any atom is 0.312 e. The van der Waals surface area contributed by atoms with Crippen LogP contribution in [-0.2, 0) is 34.2 Å². The minimum Gasteiger partial charge on any atom is -0.469 e. The maximum absolute atomic E-state index is 13.5. The molecule has 0 aliphatic rings. The lowest BCUT2D eigenvalue weighted by Crippen LogP contribution is -2.48. The summed E-state index contributed by atoms with van der Waals surface area (Å²) in [6.45, 7) is 23.2. The lowest BCUT2D eigenvalue weighted by molar-refractivity contribution is -0.177. The standard InChI is InChI=1S/C28H48O6Si2/c1-21(23(29)32-19-35(7,8)9)28(6,25(31)33-20-36(10,11)12)18-26(2,3)24(30)34-27(4,5)22-16-14-13-15-17-22/h13-17,21H,18-20H2,1-12H3. The van der Waals surface area contributed by atoms with E-state index in [1.54, 1.807) is 27.7 Å². The zero-order valence-electron chi connectivity index (χ0n) is 24.5. The number of benzene rings is 1. The molecule has 36 heavy (non-hydrogen) atoms. The van der Waals surface area contributed by atoms with Gasteiger partial charge >= 0.3 is 17.9 Å². The van der Waals surface area contributed by atoms with Gasteiger partial charge in [-0.2, -0.15) is 0 Å². The third-order valence-corrected chi connectivity index (χ3v) is 8.26. The summed E-state index contributed by atoms with van der Waals surface area (Å²) in [6.07, 6.45) is 0.786. The molecule has 0 radical (unpaired) electrons. The maximum atomic E-state index is 13.5. The third kappa shape index (κ3) is 9.50. The summed E-state index contributed by atoms with van der Waals surface area (Å²) in [4.78, 5) is 40.1. The summed E-state index contributed by atoms with van der Waals surface area (Å²) in [7, 11) is -3.34. The molecule has 2 atom stereocenters. The second-order valence-corrected chi connectivity index (χ2v) is 24.6. The Kier molecular flexibility index (Phi) is 10.4. The van der Waals surface area contributed by atoms with Crippen molar-refractivity contribution < 1.29 is 28.6 Å². The smallest absolute Gasteiger partial charge is 0.312 e. The first-order valence-corrected chi connectivity index (χ1v) is 20.2. The van der Waals surface area contributed by atoms with Gasteiger partial charge in [0.25, 0.3) is 0 Å². The Bertz CT molecular complexity index is 912. The minimum atomic E-state index is -1.70. The van der Waals surface area contributed by atoms with Crippen molar-refractivity contribution in [3.63, 3.8) is 0 Å². The lowest BCUT2D eigenvalue weighted by atomic mass is 9.67. The summed E-state index contributed by atoms with van der Waals surface area (Å²) >= 11 is 0. The van der Waals surface area contributed by atoms with E-state index >= 15 is 0 Å². The zero-order chi connectivity index (χ0) is 28.2. The van der Waals surface area contributed by atoms with Gasteiger partial charge in [-0.3, -0.25) is 14.4 Å². The molecule has 204 valence electrons. The normalized spacial score (nSPS) is 15.4. The van der Waals surface area contributed by atoms with E-state index in [1.165, 1.54) is 0 Å². The van der Waals surface area contributed by atoms with Gasteiger partial charge < -0.3 is 14.2 Å². The second kappa shape index (κ2) is 11.6. The number of ether oxygens (including phenoxy) is 3. The molecule has 2 unspecified atom stereocenters. The fourth-order valence-corrected chi connectivity index (χ4v) is 4.92. The van der Waals surface area contributed by atoms with E-state index in [9.17, 15) is 14.4 Å². The Morgan fingerprint density at radius 1 is 0.778 bits per heavy atom. The van der Waals surface area contributed by atoms with Crippen LogP contribution in [-0.4, -0.2) is 46.5 Å². The molecule has 0 heterocycles. The van der Waals surface area contributed by atoms with E-state index in [4.69, 9.17) is 14.2 Å². The molecule has 0 aromatic heterocycles. The van der Waals surface area contributed by atoms with Crippen molar-refractivity contribution in [3.05, 3.63) is 35.9 Å². The molecule has 1 rings (SSSR count). The van der Waals surface area contributed by atoms with Gasteiger partial charge in [-0.05, 0) is 46.6 Å². The van der Waals surface area contributed by atoms with Crippen LogP contribution in [0.5, 0.6) is 0 Å². The molecule has 0 aliphatic heterocycles. The van der Waals surface area contributed by atoms with Gasteiger partial charge in [0.2, 0.25) is 0 Å². The fourth-order valence-electron chi connectivity index (χ4n) is 3.78. The number of carbonyl (C=O) groups is 3. The monoisotopic (exact) mass is 536 g/mol. The highest BCUT2D eigenvalue weighted by Gasteiger charge is 2.51. The number of hydrogen-bond donors (Lipinski definition) is 0. The Hall–Kier alpha value is -1.94. The molecular formula is C28H48O6Si2. The largest absolute Gasteiger partial charge is 0.469 e. The van der Waals surface area contributed by atoms with E-state index in [-0.39, 0.29) is 6.42 Å². The van der Waals surface area contributed by atoms with Crippen LogP contribution in [0, 0.1) is 16.7 Å². The summed E-state index contributed by atoms with van der Waals surface area (Å²) in [5.74, 6) is -2.16. The number of carbonyl (C=O) groups excluding carboxylic acids is 3. The Labute approximate surface area is 220 Å². The number of esters is 3. The van der Waals surface area contributed by atoms with Gasteiger partial charge in [0.15, 0.2) is 0 Å². The van der Waals surface area contributed by atoms with Crippen LogP contribution < -0.4 is 0 Å². The zero-order valence-corrected chi connectivity index (χ0v) is 26.5. The molecule has 0 saturated heterocycles. The highest BCUT2D eigenvalue weighted by molar-refractivity contribution is 6.76. The van der Waals surface area contributed by atoms with Gasteiger partial charge in [-0.1, -0.05) is 76.5 Å². The molecule has 0 bridgehead atoms. The summed E-state index contributed by atoms with van der Waals surface area (Å²) in [5.41, 5.74) is -2.32. The third-order valence-electron chi connectivity index (χ3n) is 6.24. The Morgan fingerprint density at radius 3 is 1.72 bits per heavy atom. The first-order valence-electron chi connectivity index (χ1n) is 12.7. The molecule has 0 aliphatic carbocycles. The Morgan fingerprint density at radius 2 is 1.25 bits per heavy atom. The molecule has 0 saturated carbocycles. The molecule has 6 nitrogen and oxygen atoms in total. The Balaban J connectivity index is 3.24. The van der Waals surface area contributed by atoms with E-state index in [0.717, 1.165) is 5.56 Å². The first kappa shape index (κ1) is 32.1. The van der Waals surface area contributed by atoms with Crippen LogP contribution in [0.4, 0.5) is 0 Å². The van der Waals surface area contributed by atoms with Crippen molar-refractivity contribution in [1.82, 2.24) is 0 Å². The van der Waals surface area contributed by atoms with Gasteiger partial charge in [0, 0.05) is 0 Å². The fraction of sp³-hybridized carbons (Fsp3) is 0.679. The highest BCUT2D eigenvalue weighted by atomic mass is 28.3. The summed E-state index contributed by atoms with van der Waals surface area (Å²) in [5, 5.41) is 0. The minimum absolute atomic E-state index is 0.0808. The van der Waals surface area contributed by atoms with Crippen LogP contribution in [0.15, 0.2) is 30.3 Å². The molecule has 8 heteroatoms. The van der Waals surface area contributed by atoms with Crippen molar-refractivity contribution in [2.45, 2.75) is 92.8 Å². The molecule has 1 aromatic rings. The van der Waals surface area contributed by atoms with Crippen molar-refractivity contribution in [3.8, 4) is 0 Å². The van der Waals surface area contributed by atoms with Gasteiger partial charge in [0.05, 0.1) is 45.4 Å². The molecule has 0 N–H and O–H groups in total. The van der Waals surface area contributed by atoms with Crippen LogP contribution in [0.3, 0.4) is 0 Å². The SMILES string of the molecule is CC(C(=O)OC[Si](C)(C)C)C(C)(CC(C)(C)C(=O)OC(C)(C)c1ccccc1)C(=O)OC[Si](C)(C)C. The average molecular weight is 537 g/mol.